The number of nitrogens with one attached hydrogen (secondary N) is 4. The highest BCUT2D eigenvalue weighted by Gasteiger charge is 2.39. The molecule has 0 spiro atoms. The maximum absolute atomic E-state index is 13.1. The number of nitrogens with zero attached hydrogens (tertiary/aromatic N) is 2. The summed E-state index contributed by atoms with van der Waals surface area (Å²) in [7, 11) is 0. The molecule has 0 bridgehead atoms. The molecule has 1 fully saturated rings. The minimum Gasteiger partial charge on any atom is -0.322 e. The van der Waals surface area contributed by atoms with Crippen molar-refractivity contribution in [3.05, 3.63) is 51.8 Å². The maximum Gasteiger partial charge on any atom is 0.255 e. The molecule has 0 radical (unpaired) electrons. The predicted molar refractivity (Wildman–Crippen MR) is 107 cm³/mol. The van der Waals surface area contributed by atoms with Crippen LogP contribution >= 0.6 is 0 Å². The normalized spacial score (nSPS) is 20.9. The van der Waals surface area contributed by atoms with Crippen molar-refractivity contribution in [1.82, 2.24) is 31.0 Å². The summed E-state index contributed by atoms with van der Waals surface area (Å²) >= 11 is 0. The Kier molecular flexibility index (Phi) is 4.84. The zero-order valence-corrected chi connectivity index (χ0v) is 16.6. The zero-order chi connectivity index (χ0) is 20.7. The number of fused-ring (bicyclic) bond motifs is 2. The standard InChI is InChI=1S/C21H24N6O3/c28-18-5-4-17(20(29)24-18)27-11-13-3-1-2-12(19(13)21(27)30)8-23-10-16-14-9-22-7-6-15(14)25-26-16/h1-3,17,22-23H,4-11H2,(H,25,26)(H,24,28,29). The van der Waals surface area contributed by atoms with Crippen LogP contribution in [0.5, 0.6) is 0 Å². The summed E-state index contributed by atoms with van der Waals surface area (Å²) in [4.78, 5) is 38.4. The summed E-state index contributed by atoms with van der Waals surface area (Å²) in [5, 5.41) is 16.7. The molecule has 2 aromatic rings. The summed E-state index contributed by atoms with van der Waals surface area (Å²) < 4.78 is 0. The van der Waals surface area contributed by atoms with Crippen molar-refractivity contribution in [2.45, 2.75) is 51.5 Å². The molecular weight excluding hydrogens is 384 g/mol. The molecule has 1 atom stereocenters. The second-order valence-corrected chi connectivity index (χ2v) is 8.01. The molecule has 156 valence electrons. The van der Waals surface area contributed by atoms with Crippen LogP contribution in [0.15, 0.2) is 18.2 Å². The number of amides is 3. The molecule has 30 heavy (non-hydrogen) atoms. The van der Waals surface area contributed by atoms with Gasteiger partial charge in [0.15, 0.2) is 0 Å². The van der Waals surface area contributed by atoms with Crippen molar-refractivity contribution in [3.8, 4) is 0 Å². The van der Waals surface area contributed by atoms with Crippen LogP contribution in [0, 0.1) is 0 Å². The summed E-state index contributed by atoms with van der Waals surface area (Å²) in [5.41, 5.74) is 5.93. The number of hydrogen-bond donors (Lipinski definition) is 4. The van der Waals surface area contributed by atoms with Gasteiger partial charge in [0.25, 0.3) is 5.91 Å². The summed E-state index contributed by atoms with van der Waals surface area (Å²) in [6.07, 6.45) is 1.59. The summed E-state index contributed by atoms with van der Waals surface area (Å²) in [6, 6.07) is 5.22. The molecule has 4 heterocycles. The Bertz CT molecular complexity index is 1030. The maximum atomic E-state index is 13.1. The van der Waals surface area contributed by atoms with Crippen molar-refractivity contribution in [3.63, 3.8) is 0 Å². The van der Waals surface area contributed by atoms with Crippen LogP contribution in [0.1, 0.15) is 51.3 Å². The van der Waals surface area contributed by atoms with Crippen LogP contribution in [-0.4, -0.2) is 45.4 Å². The molecule has 0 aliphatic carbocycles. The number of hydrogen-bond acceptors (Lipinski definition) is 6. The molecule has 3 amide bonds. The summed E-state index contributed by atoms with van der Waals surface area (Å²) in [6.45, 7) is 3.33. The number of aromatic amines is 1. The van der Waals surface area contributed by atoms with Crippen LogP contribution in [0.2, 0.25) is 0 Å². The van der Waals surface area contributed by atoms with Gasteiger partial charge in [0.1, 0.15) is 6.04 Å². The van der Waals surface area contributed by atoms with E-state index in [1.807, 2.05) is 18.2 Å². The third-order valence-electron chi connectivity index (χ3n) is 6.14. The third kappa shape index (κ3) is 3.29. The third-order valence-corrected chi connectivity index (χ3v) is 6.14. The molecule has 5 rings (SSSR count). The van der Waals surface area contributed by atoms with Gasteiger partial charge in [-0.1, -0.05) is 18.2 Å². The Morgan fingerprint density at radius 1 is 1.17 bits per heavy atom. The van der Waals surface area contributed by atoms with Gasteiger partial charge in [0, 0.05) is 62.4 Å². The average molecular weight is 408 g/mol. The molecule has 3 aliphatic heterocycles. The van der Waals surface area contributed by atoms with E-state index in [0.29, 0.717) is 31.6 Å². The van der Waals surface area contributed by atoms with Gasteiger partial charge < -0.3 is 15.5 Å². The molecule has 3 aliphatic rings. The zero-order valence-electron chi connectivity index (χ0n) is 16.6. The van der Waals surface area contributed by atoms with Gasteiger partial charge in [-0.25, -0.2) is 0 Å². The van der Waals surface area contributed by atoms with E-state index in [4.69, 9.17) is 0 Å². The van der Waals surface area contributed by atoms with E-state index in [0.717, 1.165) is 36.3 Å². The molecule has 4 N–H and O–H groups in total. The molecule has 9 nitrogen and oxygen atoms in total. The highest BCUT2D eigenvalue weighted by Crippen LogP contribution is 2.29. The van der Waals surface area contributed by atoms with E-state index in [1.165, 1.54) is 11.3 Å². The van der Waals surface area contributed by atoms with Gasteiger partial charge in [0.2, 0.25) is 11.8 Å². The fraction of sp³-hybridized carbons (Fsp3) is 0.429. The van der Waals surface area contributed by atoms with E-state index >= 15 is 0 Å². The van der Waals surface area contributed by atoms with Crippen molar-refractivity contribution in [1.29, 1.82) is 0 Å². The lowest BCUT2D eigenvalue weighted by Gasteiger charge is -2.29. The lowest BCUT2D eigenvalue weighted by Crippen LogP contribution is -2.52. The molecule has 1 aromatic carbocycles. The van der Waals surface area contributed by atoms with Gasteiger partial charge in [-0.05, 0) is 17.5 Å². The smallest absolute Gasteiger partial charge is 0.255 e. The molecule has 1 unspecified atom stereocenters. The second-order valence-electron chi connectivity index (χ2n) is 8.01. The van der Waals surface area contributed by atoms with Crippen LogP contribution in [-0.2, 0) is 42.2 Å². The molecule has 9 heteroatoms. The van der Waals surface area contributed by atoms with Crippen LogP contribution in [0.3, 0.4) is 0 Å². The Hall–Kier alpha value is -3.04. The first-order chi connectivity index (χ1) is 14.6. The van der Waals surface area contributed by atoms with Crippen LogP contribution in [0.4, 0.5) is 0 Å². The largest absolute Gasteiger partial charge is 0.322 e. The van der Waals surface area contributed by atoms with E-state index in [-0.39, 0.29) is 24.1 Å². The summed E-state index contributed by atoms with van der Waals surface area (Å²) in [5.74, 6) is -0.803. The first kappa shape index (κ1) is 19.0. The van der Waals surface area contributed by atoms with Crippen molar-refractivity contribution >= 4 is 17.7 Å². The Morgan fingerprint density at radius 3 is 2.93 bits per heavy atom. The van der Waals surface area contributed by atoms with Crippen molar-refractivity contribution in [2.24, 2.45) is 0 Å². The lowest BCUT2D eigenvalue weighted by molar-refractivity contribution is -0.136. The molecule has 0 saturated carbocycles. The molecule has 1 aromatic heterocycles. The van der Waals surface area contributed by atoms with E-state index in [9.17, 15) is 14.4 Å². The number of imide groups is 1. The van der Waals surface area contributed by atoms with Gasteiger partial charge in [-0.3, -0.25) is 24.8 Å². The highest BCUT2D eigenvalue weighted by molar-refractivity contribution is 6.05. The number of aromatic nitrogens is 2. The Balaban J connectivity index is 1.28. The number of H-pyrrole nitrogens is 1. The minimum absolute atomic E-state index is 0.141. The first-order valence-corrected chi connectivity index (χ1v) is 10.3. The van der Waals surface area contributed by atoms with Gasteiger partial charge in [0.05, 0.1) is 5.69 Å². The number of benzene rings is 1. The Morgan fingerprint density at radius 2 is 2.07 bits per heavy atom. The highest BCUT2D eigenvalue weighted by atomic mass is 16.2. The monoisotopic (exact) mass is 408 g/mol. The van der Waals surface area contributed by atoms with E-state index in [1.54, 1.807) is 4.90 Å². The van der Waals surface area contributed by atoms with E-state index < -0.39 is 6.04 Å². The number of piperidine rings is 1. The van der Waals surface area contributed by atoms with Crippen molar-refractivity contribution < 1.29 is 14.4 Å². The predicted octanol–water partition coefficient (Wildman–Crippen LogP) is 0.106. The lowest BCUT2D eigenvalue weighted by atomic mass is 10.0. The SMILES string of the molecule is O=C1CCC(N2Cc3cccc(CNCc4n[nH]c5c4CNCC5)c3C2=O)C(=O)N1. The minimum atomic E-state index is -0.591. The number of carbonyl (C=O) groups is 3. The van der Waals surface area contributed by atoms with Crippen LogP contribution in [0.25, 0.3) is 0 Å². The second kappa shape index (κ2) is 7.66. The number of rotatable bonds is 5. The Labute approximate surface area is 173 Å². The van der Waals surface area contributed by atoms with E-state index in [2.05, 4.69) is 26.1 Å². The van der Waals surface area contributed by atoms with Gasteiger partial charge >= 0.3 is 0 Å². The quantitative estimate of drug-likeness (QED) is 0.522. The fourth-order valence-electron chi connectivity index (χ4n) is 4.59. The van der Waals surface area contributed by atoms with Crippen molar-refractivity contribution in [2.75, 3.05) is 6.54 Å². The first-order valence-electron chi connectivity index (χ1n) is 10.3. The average Bonchev–Trinajstić information content (AvgIpc) is 3.30. The van der Waals surface area contributed by atoms with Crippen LogP contribution < -0.4 is 16.0 Å². The number of carbonyl (C=O) groups excluding carboxylic acids is 3. The van der Waals surface area contributed by atoms with Gasteiger partial charge in [-0.2, -0.15) is 5.10 Å². The fourth-order valence-corrected chi connectivity index (χ4v) is 4.59. The van der Waals surface area contributed by atoms with Gasteiger partial charge in [-0.15, -0.1) is 0 Å². The molecular formula is C21H24N6O3. The molecule has 1 saturated heterocycles. The topological polar surface area (TPSA) is 119 Å².